The Bertz CT molecular complexity index is 358. The van der Waals surface area contributed by atoms with Crippen molar-refractivity contribution in [2.24, 2.45) is 0 Å². The van der Waals surface area contributed by atoms with E-state index in [1.54, 1.807) is 6.07 Å². The van der Waals surface area contributed by atoms with Gasteiger partial charge >= 0.3 is 5.97 Å². The summed E-state index contributed by atoms with van der Waals surface area (Å²) in [5.41, 5.74) is 1.01. The Labute approximate surface area is 82.6 Å². The van der Waals surface area contributed by atoms with Crippen LogP contribution in [-0.4, -0.2) is 12.6 Å². The number of carbonyl (C=O) groups is 1. The van der Waals surface area contributed by atoms with E-state index in [0.717, 1.165) is 30.8 Å². The van der Waals surface area contributed by atoms with Gasteiger partial charge in [-0.25, -0.2) is 0 Å². The number of benzene rings is 1. The van der Waals surface area contributed by atoms with Gasteiger partial charge in [0.15, 0.2) is 0 Å². The first-order valence-corrected chi connectivity index (χ1v) is 4.70. The maximum Gasteiger partial charge on any atom is 0.308 e. The Morgan fingerprint density at radius 2 is 2.36 bits per heavy atom. The average molecular weight is 192 g/mol. The smallest absolute Gasteiger partial charge is 0.308 e. The van der Waals surface area contributed by atoms with Gasteiger partial charge in [-0.05, 0) is 25.0 Å². The van der Waals surface area contributed by atoms with E-state index in [2.05, 4.69) is 0 Å². The van der Waals surface area contributed by atoms with Crippen molar-refractivity contribution in [1.82, 2.24) is 0 Å². The summed E-state index contributed by atoms with van der Waals surface area (Å²) in [7, 11) is 0. The predicted molar refractivity (Wildman–Crippen MR) is 51.6 cm³/mol. The minimum Gasteiger partial charge on any atom is -0.493 e. The van der Waals surface area contributed by atoms with E-state index in [0.29, 0.717) is 5.75 Å². The van der Waals surface area contributed by atoms with Crippen molar-refractivity contribution in [3.05, 3.63) is 23.8 Å². The summed E-state index contributed by atoms with van der Waals surface area (Å²) in [4.78, 5) is 10.8. The monoisotopic (exact) mass is 192 g/mol. The maximum atomic E-state index is 10.8. The zero-order chi connectivity index (χ0) is 9.97. The van der Waals surface area contributed by atoms with Crippen molar-refractivity contribution in [3.63, 3.8) is 0 Å². The Morgan fingerprint density at radius 3 is 3.14 bits per heavy atom. The molecule has 0 spiro atoms. The molecule has 1 heterocycles. The van der Waals surface area contributed by atoms with Gasteiger partial charge in [-0.15, -0.1) is 0 Å². The van der Waals surface area contributed by atoms with Crippen molar-refractivity contribution in [2.75, 3.05) is 6.61 Å². The quantitative estimate of drug-likeness (QED) is 0.504. The van der Waals surface area contributed by atoms with E-state index < -0.39 is 0 Å². The summed E-state index contributed by atoms with van der Waals surface area (Å²) in [5.74, 6) is 1.19. The molecule has 1 aliphatic rings. The molecule has 1 aliphatic heterocycles. The topological polar surface area (TPSA) is 35.5 Å². The highest BCUT2D eigenvalue weighted by Gasteiger charge is 2.15. The predicted octanol–water partition coefficient (Wildman–Crippen LogP) is 1.94. The second-order valence-electron chi connectivity index (χ2n) is 3.28. The molecule has 0 saturated carbocycles. The van der Waals surface area contributed by atoms with Gasteiger partial charge in [0.25, 0.3) is 0 Å². The van der Waals surface area contributed by atoms with Crippen LogP contribution in [-0.2, 0) is 11.2 Å². The van der Waals surface area contributed by atoms with Crippen LogP contribution in [0.25, 0.3) is 0 Å². The third-order valence-corrected chi connectivity index (χ3v) is 2.17. The molecule has 1 aromatic carbocycles. The minimum absolute atomic E-state index is 0.288. The highest BCUT2D eigenvalue weighted by molar-refractivity contribution is 5.70. The van der Waals surface area contributed by atoms with E-state index in [1.807, 2.05) is 12.1 Å². The van der Waals surface area contributed by atoms with Gasteiger partial charge in [0.05, 0.1) is 6.61 Å². The molecule has 0 amide bonds. The molecule has 0 bridgehead atoms. The molecule has 0 radical (unpaired) electrons. The fourth-order valence-electron chi connectivity index (χ4n) is 1.61. The first-order valence-electron chi connectivity index (χ1n) is 4.70. The molecular formula is C11H12O3. The van der Waals surface area contributed by atoms with Gasteiger partial charge in [-0.1, -0.05) is 6.07 Å². The number of fused-ring (bicyclic) bond motifs is 1. The third-order valence-electron chi connectivity index (χ3n) is 2.17. The molecule has 1 aromatic rings. The van der Waals surface area contributed by atoms with Gasteiger partial charge in [0.2, 0.25) is 0 Å². The molecule has 0 atom stereocenters. The van der Waals surface area contributed by atoms with Gasteiger partial charge in [-0.3, -0.25) is 4.79 Å². The Balaban J connectivity index is 2.35. The number of rotatable bonds is 1. The van der Waals surface area contributed by atoms with Crippen molar-refractivity contribution in [1.29, 1.82) is 0 Å². The zero-order valence-corrected chi connectivity index (χ0v) is 8.08. The summed E-state index contributed by atoms with van der Waals surface area (Å²) in [5, 5.41) is 0. The van der Waals surface area contributed by atoms with Crippen LogP contribution in [0.4, 0.5) is 0 Å². The third kappa shape index (κ3) is 1.71. The summed E-state index contributed by atoms with van der Waals surface area (Å²) in [6, 6.07) is 5.54. The molecule has 0 aliphatic carbocycles. The molecule has 2 rings (SSSR count). The highest BCUT2D eigenvalue weighted by atomic mass is 16.5. The van der Waals surface area contributed by atoms with Crippen molar-refractivity contribution >= 4 is 5.97 Å². The van der Waals surface area contributed by atoms with Crippen LogP contribution >= 0.6 is 0 Å². The number of carbonyl (C=O) groups excluding carboxylic acids is 1. The number of ether oxygens (including phenoxy) is 2. The summed E-state index contributed by atoms with van der Waals surface area (Å²) < 4.78 is 10.5. The molecule has 3 heteroatoms. The lowest BCUT2D eigenvalue weighted by Gasteiger charge is -2.19. The number of esters is 1. The SMILES string of the molecule is CC(=O)Oc1cccc2c1CCCO2. The van der Waals surface area contributed by atoms with Gasteiger partial charge in [-0.2, -0.15) is 0 Å². The first kappa shape index (κ1) is 9.06. The number of hydrogen-bond donors (Lipinski definition) is 0. The highest BCUT2D eigenvalue weighted by Crippen LogP contribution is 2.32. The molecular weight excluding hydrogens is 180 g/mol. The molecule has 0 saturated heterocycles. The Hall–Kier alpha value is -1.51. The lowest BCUT2D eigenvalue weighted by atomic mass is 10.1. The van der Waals surface area contributed by atoms with Crippen LogP contribution in [0.2, 0.25) is 0 Å². The van der Waals surface area contributed by atoms with Gasteiger partial charge in [0.1, 0.15) is 11.5 Å². The first-order chi connectivity index (χ1) is 6.77. The van der Waals surface area contributed by atoms with Crippen molar-refractivity contribution < 1.29 is 14.3 Å². The molecule has 0 aromatic heterocycles. The standard InChI is InChI=1S/C11H12O3/c1-8(12)14-11-6-2-5-10-9(11)4-3-7-13-10/h2,5-6H,3-4,7H2,1H3. The molecule has 0 fully saturated rings. The maximum absolute atomic E-state index is 10.8. The summed E-state index contributed by atoms with van der Waals surface area (Å²) in [6.07, 6.45) is 1.89. The molecule has 0 unspecified atom stereocenters. The second-order valence-corrected chi connectivity index (χ2v) is 3.28. The van der Waals surface area contributed by atoms with E-state index in [4.69, 9.17) is 9.47 Å². The minimum atomic E-state index is -0.288. The van der Waals surface area contributed by atoms with Crippen molar-refractivity contribution in [2.45, 2.75) is 19.8 Å². The Morgan fingerprint density at radius 1 is 1.50 bits per heavy atom. The zero-order valence-electron chi connectivity index (χ0n) is 8.08. The van der Waals surface area contributed by atoms with Crippen LogP contribution in [0.3, 0.4) is 0 Å². The fraction of sp³-hybridized carbons (Fsp3) is 0.364. The van der Waals surface area contributed by atoms with E-state index in [9.17, 15) is 4.79 Å². The Kier molecular flexibility index (Phi) is 2.39. The van der Waals surface area contributed by atoms with Crippen LogP contribution in [0.5, 0.6) is 11.5 Å². The normalized spacial score (nSPS) is 14.1. The van der Waals surface area contributed by atoms with Gasteiger partial charge < -0.3 is 9.47 Å². The average Bonchev–Trinajstić information content (AvgIpc) is 2.18. The van der Waals surface area contributed by atoms with Gasteiger partial charge in [0, 0.05) is 12.5 Å². The molecule has 14 heavy (non-hydrogen) atoms. The van der Waals surface area contributed by atoms with Crippen LogP contribution < -0.4 is 9.47 Å². The molecule has 0 N–H and O–H groups in total. The summed E-state index contributed by atoms with van der Waals surface area (Å²) >= 11 is 0. The van der Waals surface area contributed by atoms with Crippen LogP contribution in [0, 0.1) is 0 Å². The van der Waals surface area contributed by atoms with Crippen LogP contribution in [0.15, 0.2) is 18.2 Å². The van der Waals surface area contributed by atoms with Crippen molar-refractivity contribution in [3.8, 4) is 11.5 Å². The van der Waals surface area contributed by atoms with E-state index in [-0.39, 0.29) is 5.97 Å². The van der Waals surface area contributed by atoms with E-state index >= 15 is 0 Å². The lowest BCUT2D eigenvalue weighted by Crippen LogP contribution is -2.11. The number of hydrogen-bond acceptors (Lipinski definition) is 3. The fourth-order valence-corrected chi connectivity index (χ4v) is 1.61. The second kappa shape index (κ2) is 3.70. The molecule has 3 nitrogen and oxygen atoms in total. The summed E-state index contributed by atoms with van der Waals surface area (Å²) in [6.45, 7) is 2.15. The lowest BCUT2D eigenvalue weighted by molar-refractivity contribution is -0.131. The van der Waals surface area contributed by atoms with E-state index in [1.165, 1.54) is 6.92 Å². The molecule has 74 valence electrons. The largest absolute Gasteiger partial charge is 0.493 e. The van der Waals surface area contributed by atoms with Crippen LogP contribution in [0.1, 0.15) is 18.9 Å².